The molecule has 158 valence electrons. The second kappa shape index (κ2) is 8.03. The number of benzene rings is 3. The van der Waals surface area contributed by atoms with Crippen LogP contribution in [0.25, 0.3) is 16.3 Å². The van der Waals surface area contributed by atoms with Crippen LogP contribution in [-0.2, 0) is 0 Å². The molecule has 3 aromatic carbocycles. The lowest BCUT2D eigenvalue weighted by Gasteiger charge is -2.46. The molecular formula is C27H29N3O. The van der Waals surface area contributed by atoms with Crippen LogP contribution in [0.5, 0.6) is 0 Å². The molecule has 4 rings (SSSR count). The van der Waals surface area contributed by atoms with E-state index in [-0.39, 0.29) is 11.4 Å². The Balaban J connectivity index is 1.53. The minimum absolute atomic E-state index is 0.0330. The molecule has 1 heterocycles. The molecule has 4 nitrogen and oxygen atoms in total. The number of fused-ring (bicyclic) bond motifs is 2. The molecule has 1 aliphatic heterocycles. The van der Waals surface area contributed by atoms with Gasteiger partial charge in [0.15, 0.2) is 0 Å². The molecule has 4 heteroatoms. The average molecular weight is 412 g/mol. The maximum atomic E-state index is 12.5. The van der Waals surface area contributed by atoms with Crippen molar-refractivity contribution in [1.29, 1.82) is 0 Å². The summed E-state index contributed by atoms with van der Waals surface area (Å²) in [6, 6.07) is 20.4. The van der Waals surface area contributed by atoms with Crippen LogP contribution in [0.3, 0.4) is 0 Å². The molecule has 0 aromatic heterocycles. The fourth-order valence-corrected chi connectivity index (χ4v) is 4.65. The predicted molar refractivity (Wildman–Crippen MR) is 131 cm³/mol. The van der Waals surface area contributed by atoms with E-state index in [0.717, 1.165) is 16.3 Å². The van der Waals surface area contributed by atoms with E-state index in [9.17, 15) is 4.79 Å². The fourth-order valence-electron chi connectivity index (χ4n) is 4.65. The average Bonchev–Trinajstić information content (AvgIpc) is 2.72. The van der Waals surface area contributed by atoms with Crippen molar-refractivity contribution in [3.05, 3.63) is 83.4 Å². The van der Waals surface area contributed by atoms with E-state index in [1.807, 2.05) is 42.5 Å². The smallest absolute Gasteiger partial charge is 0.271 e. The summed E-state index contributed by atoms with van der Waals surface area (Å²) in [4.78, 5) is 15.0. The van der Waals surface area contributed by atoms with E-state index in [0.29, 0.717) is 11.6 Å². The lowest BCUT2D eigenvalue weighted by atomic mass is 9.87. The van der Waals surface area contributed by atoms with Crippen molar-refractivity contribution in [2.75, 3.05) is 4.90 Å². The summed E-state index contributed by atoms with van der Waals surface area (Å²) in [6.07, 6.45) is 4.02. The lowest BCUT2D eigenvalue weighted by molar-refractivity contribution is 0.0955. The highest BCUT2D eigenvalue weighted by Crippen LogP contribution is 2.40. The molecule has 1 amide bonds. The number of amides is 1. The summed E-state index contributed by atoms with van der Waals surface area (Å²) in [5.74, 6) is -0.219. The molecule has 0 radical (unpaired) electrons. The van der Waals surface area contributed by atoms with Gasteiger partial charge in [-0.1, -0.05) is 42.5 Å². The van der Waals surface area contributed by atoms with Gasteiger partial charge in [0.1, 0.15) is 0 Å². The third-order valence-corrected chi connectivity index (χ3v) is 5.80. The Morgan fingerprint density at radius 1 is 1.03 bits per heavy atom. The molecule has 0 atom stereocenters. The van der Waals surface area contributed by atoms with Gasteiger partial charge in [-0.05, 0) is 80.8 Å². The van der Waals surface area contributed by atoms with E-state index in [2.05, 4.69) is 74.3 Å². The van der Waals surface area contributed by atoms with Crippen LogP contribution in [0.1, 0.15) is 56.1 Å². The van der Waals surface area contributed by atoms with Gasteiger partial charge in [-0.2, -0.15) is 5.10 Å². The van der Waals surface area contributed by atoms with Gasteiger partial charge < -0.3 is 4.90 Å². The van der Waals surface area contributed by atoms with Crippen LogP contribution in [0, 0.1) is 0 Å². The number of hydrogen-bond donors (Lipinski definition) is 1. The largest absolute Gasteiger partial charge is 0.360 e. The van der Waals surface area contributed by atoms with Crippen molar-refractivity contribution in [3.63, 3.8) is 0 Å². The van der Waals surface area contributed by atoms with Crippen LogP contribution in [-0.4, -0.2) is 23.7 Å². The standard InChI is InChI=1S/C27H29N3O/c1-18(2)30-25-13-10-20(14-24(25)19(3)16-27(30,4)5)17-28-29-26(31)23-12-11-21-8-6-7-9-22(21)15-23/h6-18H,1-5H3,(H,29,31)/b28-17+. The number of nitrogens with one attached hydrogen (secondary N) is 1. The van der Waals surface area contributed by atoms with E-state index >= 15 is 0 Å². The van der Waals surface area contributed by atoms with Crippen molar-refractivity contribution in [3.8, 4) is 0 Å². The molecule has 0 aliphatic carbocycles. The van der Waals surface area contributed by atoms with Gasteiger partial charge in [0, 0.05) is 22.9 Å². The van der Waals surface area contributed by atoms with Gasteiger partial charge in [0.05, 0.1) is 11.8 Å². The van der Waals surface area contributed by atoms with Crippen molar-refractivity contribution >= 4 is 34.2 Å². The summed E-state index contributed by atoms with van der Waals surface area (Å²) in [5, 5.41) is 6.34. The SMILES string of the molecule is CC1=CC(C)(C)N(C(C)C)c2ccc(/C=N/NC(=O)c3ccc4ccccc4c3)cc21. The van der Waals surface area contributed by atoms with E-state index in [1.54, 1.807) is 6.21 Å². The second-order valence-corrected chi connectivity index (χ2v) is 8.98. The first-order valence-corrected chi connectivity index (χ1v) is 10.7. The third-order valence-electron chi connectivity index (χ3n) is 5.80. The van der Waals surface area contributed by atoms with E-state index < -0.39 is 0 Å². The van der Waals surface area contributed by atoms with Crippen LogP contribution in [0.15, 0.2) is 71.8 Å². The summed E-state index contributed by atoms with van der Waals surface area (Å²) in [7, 11) is 0. The highest BCUT2D eigenvalue weighted by Gasteiger charge is 2.32. The zero-order chi connectivity index (χ0) is 22.2. The molecule has 0 spiro atoms. The van der Waals surface area contributed by atoms with Crippen molar-refractivity contribution in [1.82, 2.24) is 5.43 Å². The molecule has 0 unspecified atom stereocenters. The zero-order valence-electron chi connectivity index (χ0n) is 18.8. The zero-order valence-corrected chi connectivity index (χ0v) is 18.8. The number of rotatable bonds is 4. The summed E-state index contributed by atoms with van der Waals surface area (Å²) in [6.45, 7) is 11.1. The highest BCUT2D eigenvalue weighted by atomic mass is 16.2. The first-order chi connectivity index (χ1) is 14.8. The monoisotopic (exact) mass is 411 g/mol. The normalized spacial score (nSPS) is 15.3. The van der Waals surface area contributed by atoms with Gasteiger partial charge in [-0.25, -0.2) is 5.43 Å². The summed E-state index contributed by atoms with van der Waals surface area (Å²) >= 11 is 0. The Labute approximate surface area is 184 Å². The Morgan fingerprint density at radius 2 is 1.77 bits per heavy atom. The topological polar surface area (TPSA) is 44.7 Å². The molecule has 1 aliphatic rings. The summed E-state index contributed by atoms with van der Waals surface area (Å²) in [5.41, 5.74) is 7.86. The van der Waals surface area contributed by atoms with E-state index in [1.165, 1.54) is 16.8 Å². The molecule has 31 heavy (non-hydrogen) atoms. The second-order valence-electron chi connectivity index (χ2n) is 8.98. The number of anilines is 1. The highest BCUT2D eigenvalue weighted by molar-refractivity contribution is 5.99. The summed E-state index contributed by atoms with van der Waals surface area (Å²) < 4.78 is 0. The molecule has 1 N–H and O–H groups in total. The Hall–Kier alpha value is -3.40. The molecule has 0 saturated heterocycles. The number of hydrazone groups is 1. The van der Waals surface area contributed by atoms with Crippen molar-refractivity contribution < 1.29 is 4.79 Å². The number of allylic oxidation sites excluding steroid dienone is 1. The van der Waals surface area contributed by atoms with Crippen LogP contribution < -0.4 is 10.3 Å². The molecule has 3 aromatic rings. The maximum Gasteiger partial charge on any atom is 0.271 e. The van der Waals surface area contributed by atoms with Crippen LogP contribution in [0.2, 0.25) is 0 Å². The van der Waals surface area contributed by atoms with Gasteiger partial charge in [-0.3, -0.25) is 4.79 Å². The first-order valence-electron chi connectivity index (χ1n) is 10.7. The predicted octanol–water partition coefficient (Wildman–Crippen LogP) is 6.01. The minimum atomic E-state index is -0.219. The number of carbonyl (C=O) groups is 1. The van der Waals surface area contributed by atoms with Crippen LogP contribution in [0.4, 0.5) is 5.69 Å². The van der Waals surface area contributed by atoms with Gasteiger partial charge in [-0.15, -0.1) is 0 Å². The van der Waals surface area contributed by atoms with Gasteiger partial charge in [0.25, 0.3) is 5.91 Å². The maximum absolute atomic E-state index is 12.5. The van der Waals surface area contributed by atoms with Gasteiger partial charge >= 0.3 is 0 Å². The third kappa shape index (κ3) is 4.11. The molecule has 0 saturated carbocycles. The van der Waals surface area contributed by atoms with E-state index in [4.69, 9.17) is 0 Å². The van der Waals surface area contributed by atoms with Crippen molar-refractivity contribution in [2.24, 2.45) is 5.10 Å². The Kier molecular flexibility index (Phi) is 5.40. The van der Waals surface area contributed by atoms with Crippen LogP contribution >= 0.6 is 0 Å². The Morgan fingerprint density at radius 3 is 2.52 bits per heavy atom. The molecule has 0 fully saturated rings. The van der Waals surface area contributed by atoms with Crippen molar-refractivity contribution in [2.45, 2.75) is 46.2 Å². The molecular weight excluding hydrogens is 382 g/mol. The fraction of sp³-hybridized carbons (Fsp3) is 0.259. The lowest BCUT2D eigenvalue weighted by Crippen LogP contribution is -2.49. The minimum Gasteiger partial charge on any atom is -0.360 e. The number of hydrogen-bond acceptors (Lipinski definition) is 3. The van der Waals surface area contributed by atoms with Gasteiger partial charge in [0.2, 0.25) is 0 Å². The number of nitrogens with zero attached hydrogens (tertiary/aromatic N) is 2. The first kappa shape index (κ1) is 20.9. The molecule has 0 bridgehead atoms. The number of carbonyl (C=O) groups excluding carboxylic acids is 1. The quantitative estimate of drug-likeness (QED) is 0.422. The Bertz CT molecular complexity index is 1200.